The summed E-state index contributed by atoms with van der Waals surface area (Å²) in [6.45, 7) is 9.09. The smallest absolute Gasteiger partial charge is 0.243 e. The van der Waals surface area contributed by atoms with Gasteiger partial charge in [-0.15, -0.1) is 0 Å². The highest BCUT2D eigenvalue weighted by Crippen LogP contribution is 2.26. The number of thiocarbonyl (C=S) groups is 1. The summed E-state index contributed by atoms with van der Waals surface area (Å²) in [6, 6.07) is 27.0. The Morgan fingerprint density at radius 1 is 0.764 bits per heavy atom. The number of hydrogen-bond donors (Lipinski definition) is 6. The summed E-state index contributed by atoms with van der Waals surface area (Å²) in [6.07, 6.45) is 4.99. The normalized spacial score (nSPS) is 13.7. The average molecular weight is 766 g/mol. The van der Waals surface area contributed by atoms with Crippen LogP contribution in [0.1, 0.15) is 64.5 Å². The number of aliphatic hydroxyl groups is 1. The predicted octanol–water partition coefficient (Wildman–Crippen LogP) is 6.36. The van der Waals surface area contributed by atoms with Crippen molar-refractivity contribution in [1.29, 1.82) is 0 Å². The van der Waals surface area contributed by atoms with Gasteiger partial charge in [-0.25, -0.2) is 0 Å². The first kappa shape index (κ1) is 42.9. The van der Waals surface area contributed by atoms with Gasteiger partial charge in [-0.3, -0.25) is 14.4 Å². The predicted molar refractivity (Wildman–Crippen MR) is 229 cm³/mol. The number of carbonyl (C=O) groups excluding carboxylic acids is 3. The molecule has 55 heavy (non-hydrogen) atoms. The SMILES string of the molecule is CCC(C)CNC(=O)C[C@H](O)[C@H](CC(C)C)NC(=O)[C@H](C/C=C/CNC(=S)NC)NC(=O)C(Cc1cccc2ccccc12)Cc1cccc2ccccc12. The molecule has 0 saturated heterocycles. The van der Waals surface area contributed by atoms with Crippen molar-refractivity contribution in [2.45, 2.75) is 84.4 Å². The van der Waals surface area contributed by atoms with Crippen LogP contribution >= 0.6 is 12.2 Å². The zero-order valence-electron chi connectivity index (χ0n) is 32.9. The van der Waals surface area contributed by atoms with Crippen LogP contribution in [0, 0.1) is 17.8 Å². The Morgan fingerprint density at radius 2 is 1.35 bits per heavy atom. The summed E-state index contributed by atoms with van der Waals surface area (Å²) in [7, 11) is 1.74. The van der Waals surface area contributed by atoms with Crippen molar-refractivity contribution in [3.05, 3.63) is 108 Å². The van der Waals surface area contributed by atoms with Crippen LogP contribution in [-0.2, 0) is 27.2 Å². The average Bonchev–Trinajstić information content (AvgIpc) is 3.18. The number of nitrogens with one attached hydrogen (secondary N) is 5. The maximum absolute atomic E-state index is 14.6. The third-order valence-electron chi connectivity index (χ3n) is 10.1. The maximum Gasteiger partial charge on any atom is 0.243 e. The standard InChI is InChI=1S/C45H59N5O4S/c1-6-31(4)29-48-42(52)28-41(51)40(25-30(2)3)50-44(54)39(23-11-12-24-47-45(55)46-5)49-43(53)36(26-34-19-13-17-32-15-7-9-21-37(32)34)27-35-20-14-18-33-16-8-10-22-38(33)35/h7-22,30-31,36,39-41,51H,6,23-29H2,1-5H3,(H,48,52)(H,49,53)(H,50,54)(H2,46,47,55)/b12-11+/t31?,39-,40-,41-/m0/s1. The fourth-order valence-electron chi connectivity index (χ4n) is 6.75. The second-order valence-electron chi connectivity index (χ2n) is 14.9. The van der Waals surface area contributed by atoms with Crippen LogP contribution in [0.5, 0.6) is 0 Å². The van der Waals surface area contributed by atoms with E-state index in [-0.39, 0.29) is 30.6 Å². The van der Waals surface area contributed by atoms with Crippen LogP contribution in [-0.4, -0.2) is 66.3 Å². The minimum atomic E-state index is -1.10. The molecule has 4 rings (SSSR count). The van der Waals surface area contributed by atoms with Crippen molar-refractivity contribution in [1.82, 2.24) is 26.6 Å². The molecule has 9 nitrogen and oxygen atoms in total. The molecule has 6 N–H and O–H groups in total. The van der Waals surface area contributed by atoms with E-state index >= 15 is 0 Å². The quantitative estimate of drug-likeness (QED) is 0.0456. The van der Waals surface area contributed by atoms with Crippen molar-refractivity contribution in [2.75, 3.05) is 20.1 Å². The topological polar surface area (TPSA) is 132 Å². The van der Waals surface area contributed by atoms with Gasteiger partial charge in [0.25, 0.3) is 0 Å². The zero-order chi connectivity index (χ0) is 39.7. The molecule has 4 aromatic carbocycles. The van der Waals surface area contributed by atoms with Crippen LogP contribution in [0.25, 0.3) is 21.5 Å². The third kappa shape index (κ3) is 13.5. The Hall–Kier alpha value is -4.80. The molecule has 10 heteroatoms. The van der Waals surface area contributed by atoms with E-state index < -0.39 is 30.0 Å². The van der Waals surface area contributed by atoms with E-state index in [9.17, 15) is 19.5 Å². The second-order valence-corrected chi connectivity index (χ2v) is 15.4. The van der Waals surface area contributed by atoms with Gasteiger partial charge in [0.15, 0.2) is 5.11 Å². The summed E-state index contributed by atoms with van der Waals surface area (Å²) < 4.78 is 0. The van der Waals surface area contributed by atoms with Gasteiger partial charge in [-0.2, -0.15) is 0 Å². The van der Waals surface area contributed by atoms with E-state index in [1.54, 1.807) is 7.05 Å². The lowest BCUT2D eigenvalue weighted by atomic mass is 9.87. The van der Waals surface area contributed by atoms with E-state index in [0.29, 0.717) is 43.4 Å². The molecule has 4 atom stereocenters. The highest BCUT2D eigenvalue weighted by Gasteiger charge is 2.30. The van der Waals surface area contributed by atoms with E-state index in [2.05, 4.69) is 89.0 Å². The molecular weight excluding hydrogens is 707 g/mol. The zero-order valence-corrected chi connectivity index (χ0v) is 33.8. The Bertz CT molecular complexity index is 1820. The molecule has 3 amide bonds. The van der Waals surface area contributed by atoms with Crippen molar-refractivity contribution in [2.24, 2.45) is 17.8 Å². The molecule has 1 unspecified atom stereocenters. The van der Waals surface area contributed by atoms with Gasteiger partial charge in [0.2, 0.25) is 17.7 Å². The first-order valence-electron chi connectivity index (χ1n) is 19.6. The first-order valence-corrected chi connectivity index (χ1v) is 20.0. The molecule has 0 aliphatic rings. The lowest BCUT2D eigenvalue weighted by molar-refractivity contribution is -0.132. The van der Waals surface area contributed by atoms with Crippen molar-refractivity contribution in [3.63, 3.8) is 0 Å². The molecule has 0 aliphatic carbocycles. The molecule has 0 fully saturated rings. The fourth-order valence-corrected chi connectivity index (χ4v) is 6.83. The van der Waals surface area contributed by atoms with Gasteiger partial charge in [0.05, 0.1) is 18.6 Å². The Balaban J connectivity index is 1.62. The summed E-state index contributed by atoms with van der Waals surface area (Å²) >= 11 is 5.19. The number of aliphatic hydroxyl groups excluding tert-OH is 1. The molecule has 0 radical (unpaired) electrons. The number of hydrogen-bond acceptors (Lipinski definition) is 5. The number of amides is 3. The number of fused-ring (bicyclic) bond motifs is 2. The van der Waals surface area contributed by atoms with E-state index in [1.807, 2.05) is 62.4 Å². The molecule has 0 saturated carbocycles. The van der Waals surface area contributed by atoms with E-state index in [4.69, 9.17) is 12.2 Å². The minimum Gasteiger partial charge on any atom is -0.390 e. The van der Waals surface area contributed by atoms with Gasteiger partial charge in [-0.05, 0) is 82.4 Å². The Labute approximate surface area is 332 Å². The van der Waals surface area contributed by atoms with E-state index in [1.165, 1.54) is 0 Å². The van der Waals surface area contributed by atoms with Gasteiger partial charge < -0.3 is 31.7 Å². The van der Waals surface area contributed by atoms with Crippen LogP contribution in [0.3, 0.4) is 0 Å². The lowest BCUT2D eigenvalue weighted by Gasteiger charge is -2.29. The largest absolute Gasteiger partial charge is 0.390 e. The Morgan fingerprint density at radius 3 is 1.91 bits per heavy atom. The minimum absolute atomic E-state index is 0.129. The summed E-state index contributed by atoms with van der Waals surface area (Å²) in [5.74, 6) is -0.982. The van der Waals surface area contributed by atoms with Crippen molar-refractivity contribution >= 4 is 56.6 Å². The fraction of sp³-hybridized carbons (Fsp3) is 0.422. The first-order chi connectivity index (χ1) is 26.5. The molecule has 294 valence electrons. The van der Waals surface area contributed by atoms with Gasteiger partial charge in [0, 0.05) is 26.1 Å². The third-order valence-corrected chi connectivity index (χ3v) is 10.4. The molecular formula is C45H59N5O4S. The summed E-state index contributed by atoms with van der Waals surface area (Å²) in [5.41, 5.74) is 2.11. The number of rotatable bonds is 20. The lowest BCUT2D eigenvalue weighted by Crippen LogP contribution is -2.54. The summed E-state index contributed by atoms with van der Waals surface area (Å²) in [4.78, 5) is 41.6. The van der Waals surface area contributed by atoms with Crippen molar-refractivity contribution < 1.29 is 19.5 Å². The second kappa shape index (κ2) is 21.9. The van der Waals surface area contributed by atoms with E-state index in [0.717, 1.165) is 39.1 Å². The van der Waals surface area contributed by atoms with Crippen LogP contribution in [0.2, 0.25) is 0 Å². The van der Waals surface area contributed by atoms with Gasteiger partial charge in [-0.1, -0.05) is 131 Å². The van der Waals surface area contributed by atoms with Gasteiger partial charge in [0.1, 0.15) is 6.04 Å². The highest BCUT2D eigenvalue weighted by molar-refractivity contribution is 7.80. The van der Waals surface area contributed by atoms with Crippen LogP contribution < -0.4 is 26.6 Å². The molecule has 4 aromatic rings. The van der Waals surface area contributed by atoms with Crippen LogP contribution in [0.15, 0.2) is 97.1 Å². The Kier molecular flexibility index (Phi) is 17.1. The molecule has 0 aromatic heterocycles. The number of benzene rings is 4. The van der Waals surface area contributed by atoms with Crippen molar-refractivity contribution in [3.8, 4) is 0 Å². The number of carbonyl (C=O) groups is 3. The maximum atomic E-state index is 14.6. The monoisotopic (exact) mass is 765 g/mol. The molecule has 0 spiro atoms. The van der Waals surface area contributed by atoms with Crippen LogP contribution in [0.4, 0.5) is 0 Å². The highest BCUT2D eigenvalue weighted by atomic mass is 32.1. The molecule has 0 bridgehead atoms. The van der Waals surface area contributed by atoms with Gasteiger partial charge >= 0.3 is 0 Å². The molecule has 0 aliphatic heterocycles. The summed E-state index contributed by atoms with van der Waals surface area (Å²) in [5, 5.41) is 31.1. The molecule has 0 heterocycles.